The van der Waals surface area contributed by atoms with Crippen LogP contribution in [-0.2, 0) is 23.7 Å². The minimum absolute atomic E-state index is 0.0508. The van der Waals surface area contributed by atoms with Gasteiger partial charge < -0.3 is 44.5 Å². The number of hydrogen-bond acceptors (Lipinski definition) is 11. The summed E-state index contributed by atoms with van der Waals surface area (Å²) in [5.74, 6) is -2.00. The van der Waals surface area contributed by atoms with Crippen molar-refractivity contribution in [3.8, 4) is 0 Å². The van der Waals surface area contributed by atoms with Crippen LogP contribution in [0.15, 0.2) is 30.3 Å². The van der Waals surface area contributed by atoms with Gasteiger partial charge in [-0.3, -0.25) is 4.79 Å². The van der Waals surface area contributed by atoms with Crippen molar-refractivity contribution in [1.29, 1.82) is 0 Å². The van der Waals surface area contributed by atoms with E-state index in [1.165, 1.54) is 0 Å². The Bertz CT molecular complexity index is 969. The van der Waals surface area contributed by atoms with E-state index in [2.05, 4.69) is 0 Å². The first-order valence-corrected chi connectivity index (χ1v) is 11.2. The van der Waals surface area contributed by atoms with E-state index in [1.807, 2.05) is 0 Å². The van der Waals surface area contributed by atoms with Crippen LogP contribution >= 0.6 is 0 Å². The third kappa shape index (κ3) is 2.95. The molecule has 0 unspecified atom stereocenters. The quantitative estimate of drug-likeness (QED) is 0.300. The highest BCUT2D eigenvalue weighted by molar-refractivity contribution is 5.90. The van der Waals surface area contributed by atoms with Crippen molar-refractivity contribution in [3.63, 3.8) is 0 Å². The number of ether oxygens (including phenoxy) is 4. The number of hydrogen-bond donors (Lipinski definition) is 5. The molecule has 6 rings (SSSR count). The first kappa shape index (κ1) is 23.6. The molecule has 2 saturated heterocycles. The molecule has 5 aliphatic rings. The van der Waals surface area contributed by atoms with Crippen LogP contribution in [0, 0.1) is 11.3 Å². The number of fused-ring (bicyclic) bond motifs is 1. The van der Waals surface area contributed by atoms with Crippen LogP contribution in [0.4, 0.5) is 0 Å². The lowest BCUT2D eigenvalue weighted by Crippen LogP contribution is -2.80. The molecule has 5 fully saturated rings. The summed E-state index contributed by atoms with van der Waals surface area (Å²) in [7, 11) is 0. The molecule has 0 amide bonds. The number of aliphatic hydroxyl groups is 5. The van der Waals surface area contributed by atoms with Crippen molar-refractivity contribution in [2.75, 3.05) is 13.2 Å². The molecular weight excluding hydrogens is 452 g/mol. The fourth-order valence-electron chi connectivity index (χ4n) is 6.19. The second-order valence-electron chi connectivity index (χ2n) is 9.76. The number of benzene rings is 1. The summed E-state index contributed by atoms with van der Waals surface area (Å²) in [6.07, 6.45) is -8.41. The van der Waals surface area contributed by atoms with Crippen LogP contribution in [0.1, 0.15) is 30.1 Å². The third-order valence-electron chi connectivity index (χ3n) is 8.07. The molecule has 3 aliphatic carbocycles. The van der Waals surface area contributed by atoms with Gasteiger partial charge in [-0.15, -0.1) is 0 Å². The smallest absolute Gasteiger partial charge is 0.338 e. The highest BCUT2D eigenvalue weighted by Crippen LogP contribution is 2.73. The molecule has 0 spiro atoms. The topological polar surface area (TPSA) is 172 Å². The van der Waals surface area contributed by atoms with Gasteiger partial charge in [0.15, 0.2) is 6.29 Å². The molecule has 5 N–H and O–H groups in total. The second kappa shape index (κ2) is 7.95. The number of rotatable bonds is 6. The molecule has 11 heteroatoms. The molecule has 0 radical (unpaired) electrons. The van der Waals surface area contributed by atoms with E-state index in [9.17, 15) is 35.1 Å². The van der Waals surface area contributed by atoms with Crippen molar-refractivity contribution < 1.29 is 54.1 Å². The maximum atomic E-state index is 13.2. The Morgan fingerprint density at radius 3 is 2.47 bits per heavy atom. The molecule has 1 aromatic carbocycles. The number of esters is 2. The minimum atomic E-state index is -1.69. The fraction of sp³-hybridized carbons (Fsp3) is 0.652. The van der Waals surface area contributed by atoms with E-state index in [0.29, 0.717) is 0 Å². The lowest BCUT2D eigenvalue weighted by molar-refractivity contribution is -0.394. The standard InChI is InChI=1S/C23H28O11/c1-21-8-13(25)12-7-23(21,33-19-17(28)16(27)15(26)14(9-24)32-19)22(12,20(30)34-21)10-31-18(29)11-5-3-2-4-6-11/h2-6,12-17,19,24-28H,7-10H2,1H3/t12-,13-,14-,15-,16+,17-,19+,21+,22-,23-/m1/s1. The summed E-state index contributed by atoms with van der Waals surface area (Å²) in [6, 6.07) is 8.20. The molecular formula is C23H28O11. The Hall–Kier alpha value is -2.12. The van der Waals surface area contributed by atoms with Crippen molar-refractivity contribution in [1.82, 2.24) is 0 Å². The van der Waals surface area contributed by atoms with Crippen molar-refractivity contribution >= 4 is 11.9 Å². The van der Waals surface area contributed by atoms with Gasteiger partial charge in [-0.25, -0.2) is 4.79 Å². The van der Waals surface area contributed by atoms with Gasteiger partial charge in [0.1, 0.15) is 47.6 Å². The van der Waals surface area contributed by atoms with Crippen molar-refractivity contribution in [2.24, 2.45) is 11.3 Å². The lowest BCUT2D eigenvalue weighted by atomic mass is 9.40. The second-order valence-corrected chi connectivity index (χ2v) is 9.76. The molecule has 34 heavy (non-hydrogen) atoms. The largest absolute Gasteiger partial charge is 0.461 e. The summed E-state index contributed by atoms with van der Waals surface area (Å²) in [5, 5.41) is 51.0. The van der Waals surface area contributed by atoms with E-state index >= 15 is 0 Å². The summed E-state index contributed by atoms with van der Waals surface area (Å²) >= 11 is 0. The Kier molecular flexibility index (Phi) is 5.52. The maximum Gasteiger partial charge on any atom is 0.338 e. The van der Waals surface area contributed by atoms with Gasteiger partial charge in [0, 0.05) is 12.3 Å². The van der Waals surface area contributed by atoms with Crippen LogP contribution in [0.25, 0.3) is 0 Å². The first-order chi connectivity index (χ1) is 16.1. The van der Waals surface area contributed by atoms with Crippen LogP contribution in [0.5, 0.6) is 0 Å². The zero-order chi connectivity index (χ0) is 24.5. The van der Waals surface area contributed by atoms with Crippen LogP contribution in [-0.4, -0.2) is 98.7 Å². The Balaban J connectivity index is 1.46. The monoisotopic (exact) mass is 480 g/mol. The van der Waals surface area contributed by atoms with E-state index in [-0.39, 0.29) is 18.4 Å². The molecule has 0 aromatic heterocycles. The third-order valence-corrected chi connectivity index (χ3v) is 8.07. The van der Waals surface area contributed by atoms with Crippen LogP contribution < -0.4 is 0 Å². The van der Waals surface area contributed by atoms with Gasteiger partial charge >= 0.3 is 11.9 Å². The highest BCUT2D eigenvalue weighted by Gasteiger charge is 2.88. The van der Waals surface area contributed by atoms with Gasteiger partial charge in [0.05, 0.1) is 18.3 Å². The zero-order valence-corrected chi connectivity index (χ0v) is 18.4. The molecule has 11 nitrogen and oxygen atoms in total. The Morgan fingerprint density at radius 2 is 1.79 bits per heavy atom. The molecule has 3 saturated carbocycles. The SMILES string of the molecule is C[C@]12C[C@@H](O)[C@H]3C[C@]1(O[C@@H]1O[C@H](CO)[C@@H](O)[C@H](O)[C@H]1O)[C@@]3(COC(=O)c1ccccc1)C(=O)O2. The number of aliphatic hydroxyl groups excluding tert-OH is 5. The molecule has 4 bridgehead atoms. The van der Waals surface area contributed by atoms with Crippen molar-refractivity contribution in [3.05, 3.63) is 35.9 Å². The van der Waals surface area contributed by atoms with E-state index in [0.717, 1.165) is 0 Å². The molecule has 1 aromatic rings. The van der Waals surface area contributed by atoms with E-state index in [1.54, 1.807) is 37.3 Å². The Morgan fingerprint density at radius 1 is 1.09 bits per heavy atom. The summed E-state index contributed by atoms with van der Waals surface area (Å²) in [4.78, 5) is 25.9. The molecule has 2 heterocycles. The van der Waals surface area contributed by atoms with Gasteiger partial charge in [0.25, 0.3) is 0 Å². The van der Waals surface area contributed by atoms with E-state index in [4.69, 9.17) is 18.9 Å². The molecule has 2 aliphatic heterocycles. The predicted octanol–water partition coefficient (Wildman–Crippen LogP) is -1.51. The number of carbonyl (C=O) groups is 2. The van der Waals surface area contributed by atoms with E-state index < -0.39 is 84.5 Å². The van der Waals surface area contributed by atoms with Crippen LogP contribution in [0.2, 0.25) is 0 Å². The minimum Gasteiger partial charge on any atom is -0.461 e. The fourth-order valence-corrected chi connectivity index (χ4v) is 6.19. The average Bonchev–Trinajstić information content (AvgIpc) is 2.88. The first-order valence-electron chi connectivity index (χ1n) is 11.2. The summed E-state index contributed by atoms with van der Waals surface area (Å²) in [6.45, 7) is 0.508. The Labute approximate surface area is 194 Å². The highest BCUT2D eigenvalue weighted by atomic mass is 16.7. The average molecular weight is 480 g/mol. The summed E-state index contributed by atoms with van der Waals surface area (Å²) in [5.41, 5.74) is -4.08. The normalized spacial score (nSPS) is 47.0. The zero-order valence-electron chi connectivity index (χ0n) is 18.4. The van der Waals surface area contributed by atoms with Gasteiger partial charge in [-0.1, -0.05) is 18.2 Å². The van der Waals surface area contributed by atoms with Crippen LogP contribution in [0.3, 0.4) is 0 Å². The van der Waals surface area contributed by atoms with Crippen molar-refractivity contribution in [2.45, 2.75) is 67.8 Å². The summed E-state index contributed by atoms with van der Waals surface area (Å²) < 4.78 is 22.9. The molecule has 10 atom stereocenters. The van der Waals surface area contributed by atoms with Gasteiger partial charge in [-0.05, 0) is 25.5 Å². The van der Waals surface area contributed by atoms with Gasteiger partial charge in [0.2, 0.25) is 0 Å². The maximum absolute atomic E-state index is 13.2. The predicted molar refractivity (Wildman–Crippen MR) is 110 cm³/mol. The lowest BCUT2D eigenvalue weighted by Gasteiger charge is -2.66. The number of carbonyl (C=O) groups excluding carboxylic acids is 2. The van der Waals surface area contributed by atoms with Gasteiger partial charge in [-0.2, -0.15) is 0 Å². The molecule has 186 valence electrons.